The monoisotopic (exact) mass is 230 g/mol. The summed E-state index contributed by atoms with van der Waals surface area (Å²) >= 11 is 0. The largest absolute Gasteiger partial charge is 0.469 e. The van der Waals surface area contributed by atoms with Crippen molar-refractivity contribution < 1.29 is 14.6 Å². The Hall–Kier alpha value is -0.570. The van der Waals surface area contributed by atoms with E-state index in [4.69, 9.17) is 0 Å². The van der Waals surface area contributed by atoms with Crippen LogP contribution in [0.3, 0.4) is 0 Å². The molecule has 0 radical (unpaired) electrons. The summed E-state index contributed by atoms with van der Waals surface area (Å²) in [5, 5.41) is 9.49. The third-order valence-electron chi connectivity index (χ3n) is 2.77. The number of hydrogen-bond donors (Lipinski definition) is 1. The van der Waals surface area contributed by atoms with Gasteiger partial charge in [0.2, 0.25) is 0 Å². The van der Waals surface area contributed by atoms with Crippen LogP contribution in [0.5, 0.6) is 0 Å². The van der Waals surface area contributed by atoms with Crippen molar-refractivity contribution in [3.63, 3.8) is 0 Å². The molecule has 0 aromatic heterocycles. The van der Waals surface area contributed by atoms with Gasteiger partial charge in [0.1, 0.15) is 0 Å². The van der Waals surface area contributed by atoms with Crippen molar-refractivity contribution in [2.24, 2.45) is 0 Å². The smallest absolute Gasteiger partial charge is 0.308 e. The second-order valence-electron chi connectivity index (χ2n) is 4.34. The van der Waals surface area contributed by atoms with Crippen molar-refractivity contribution in [2.75, 3.05) is 7.11 Å². The van der Waals surface area contributed by atoms with E-state index in [0.29, 0.717) is 6.42 Å². The van der Waals surface area contributed by atoms with Gasteiger partial charge in [0.25, 0.3) is 0 Å². The van der Waals surface area contributed by atoms with E-state index in [2.05, 4.69) is 11.7 Å². The van der Waals surface area contributed by atoms with Gasteiger partial charge in [0, 0.05) is 0 Å². The van der Waals surface area contributed by atoms with Gasteiger partial charge in [-0.15, -0.1) is 0 Å². The maximum absolute atomic E-state index is 10.8. The van der Waals surface area contributed by atoms with E-state index in [1.807, 2.05) is 0 Å². The van der Waals surface area contributed by atoms with E-state index < -0.39 is 6.10 Å². The Morgan fingerprint density at radius 1 is 1.12 bits per heavy atom. The molecule has 0 saturated carbocycles. The van der Waals surface area contributed by atoms with Crippen LogP contribution in [-0.2, 0) is 9.53 Å². The zero-order valence-electron chi connectivity index (χ0n) is 10.7. The summed E-state index contributed by atoms with van der Waals surface area (Å²) < 4.78 is 4.49. The van der Waals surface area contributed by atoms with Gasteiger partial charge in [-0.2, -0.15) is 0 Å². The van der Waals surface area contributed by atoms with Crippen molar-refractivity contribution in [2.45, 2.75) is 70.8 Å². The number of rotatable bonds is 10. The molecule has 0 fully saturated rings. The van der Waals surface area contributed by atoms with Crippen LogP contribution in [0.4, 0.5) is 0 Å². The Morgan fingerprint density at radius 2 is 1.69 bits per heavy atom. The van der Waals surface area contributed by atoms with E-state index in [0.717, 1.165) is 12.8 Å². The molecule has 0 aromatic rings. The molecule has 0 saturated heterocycles. The minimum absolute atomic E-state index is 0.131. The summed E-state index contributed by atoms with van der Waals surface area (Å²) in [6.45, 7) is 2.21. The van der Waals surface area contributed by atoms with Crippen LogP contribution < -0.4 is 0 Å². The number of aliphatic hydroxyl groups excluding tert-OH is 1. The maximum atomic E-state index is 10.8. The number of methoxy groups -OCH3 is 1. The average Bonchev–Trinajstić information content (AvgIpc) is 2.27. The minimum atomic E-state index is -0.525. The van der Waals surface area contributed by atoms with Gasteiger partial charge >= 0.3 is 5.97 Å². The maximum Gasteiger partial charge on any atom is 0.308 e. The van der Waals surface area contributed by atoms with Gasteiger partial charge in [0.15, 0.2) is 0 Å². The zero-order chi connectivity index (χ0) is 12.2. The Balaban J connectivity index is 3.21. The molecule has 96 valence electrons. The third-order valence-corrected chi connectivity index (χ3v) is 2.77. The third kappa shape index (κ3) is 9.97. The highest BCUT2D eigenvalue weighted by Gasteiger charge is 2.09. The summed E-state index contributed by atoms with van der Waals surface area (Å²) in [5.41, 5.74) is 0. The molecule has 0 aliphatic rings. The van der Waals surface area contributed by atoms with Gasteiger partial charge in [-0.05, 0) is 6.42 Å². The molecule has 0 aliphatic heterocycles. The highest BCUT2D eigenvalue weighted by molar-refractivity contribution is 5.69. The van der Waals surface area contributed by atoms with Crippen molar-refractivity contribution >= 4 is 5.97 Å². The number of ether oxygens (including phenoxy) is 1. The Morgan fingerprint density at radius 3 is 2.25 bits per heavy atom. The molecule has 0 spiro atoms. The minimum Gasteiger partial charge on any atom is -0.469 e. The molecule has 0 rings (SSSR count). The molecule has 1 atom stereocenters. The van der Waals surface area contributed by atoms with Crippen LogP contribution in [0, 0.1) is 0 Å². The van der Waals surface area contributed by atoms with Crippen molar-refractivity contribution in [1.82, 2.24) is 0 Å². The number of carbonyl (C=O) groups excluding carboxylic acids is 1. The van der Waals surface area contributed by atoms with Crippen molar-refractivity contribution in [1.29, 1.82) is 0 Å². The molecule has 0 heterocycles. The quantitative estimate of drug-likeness (QED) is 0.463. The molecule has 1 unspecified atom stereocenters. The topological polar surface area (TPSA) is 46.5 Å². The zero-order valence-corrected chi connectivity index (χ0v) is 10.7. The first-order valence-electron chi connectivity index (χ1n) is 6.45. The molecule has 0 amide bonds. The highest BCUT2D eigenvalue weighted by Crippen LogP contribution is 2.11. The fraction of sp³-hybridized carbons (Fsp3) is 0.923. The molecule has 16 heavy (non-hydrogen) atoms. The number of aliphatic hydroxyl groups is 1. The highest BCUT2D eigenvalue weighted by atomic mass is 16.5. The van der Waals surface area contributed by atoms with Crippen molar-refractivity contribution in [3.8, 4) is 0 Å². The van der Waals surface area contributed by atoms with E-state index >= 15 is 0 Å². The van der Waals surface area contributed by atoms with Gasteiger partial charge in [-0.1, -0.05) is 51.9 Å². The lowest BCUT2D eigenvalue weighted by atomic mass is 10.1. The SMILES string of the molecule is CCCCCCCCCC(O)CC(=O)OC. The van der Waals surface area contributed by atoms with E-state index in [9.17, 15) is 9.90 Å². The summed E-state index contributed by atoms with van der Waals surface area (Å²) in [7, 11) is 1.35. The number of esters is 1. The van der Waals surface area contributed by atoms with E-state index in [1.165, 1.54) is 39.2 Å². The summed E-state index contributed by atoms with van der Waals surface area (Å²) in [5.74, 6) is -0.324. The van der Waals surface area contributed by atoms with Crippen LogP contribution in [0.25, 0.3) is 0 Å². The lowest BCUT2D eigenvalue weighted by molar-refractivity contribution is -0.142. The Labute approximate surface area is 99.2 Å². The lowest BCUT2D eigenvalue weighted by Gasteiger charge is -2.08. The fourth-order valence-electron chi connectivity index (χ4n) is 1.71. The number of unbranched alkanes of at least 4 members (excludes halogenated alkanes) is 6. The van der Waals surface area contributed by atoms with Gasteiger partial charge < -0.3 is 9.84 Å². The predicted octanol–water partition coefficient (Wildman–Crippen LogP) is 3.05. The second kappa shape index (κ2) is 10.9. The van der Waals surface area contributed by atoms with E-state index in [1.54, 1.807) is 0 Å². The van der Waals surface area contributed by atoms with Crippen LogP contribution in [0.15, 0.2) is 0 Å². The Kier molecular flexibility index (Phi) is 10.5. The van der Waals surface area contributed by atoms with Crippen LogP contribution in [-0.4, -0.2) is 24.3 Å². The summed E-state index contributed by atoms with van der Waals surface area (Å²) in [6.07, 6.45) is 8.93. The van der Waals surface area contributed by atoms with Crippen LogP contribution in [0.1, 0.15) is 64.7 Å². The number of carbonyl (C=O) groups is 1. The first kappa shape index (κ1) is 15.4. The number of hydrogen-bond acceptors (Lipinski definition) is 3. The molecule has 0 bridgehead atoms. The van der Waals surface area contributed by atoms with Crippen molar-refractivity contribution in [3.05, 3.63) is 0 Å². The lowest BCUT2D eigenvalue weighted by Crippen LogP contribution is -2.14. The first-order valence-corrected chi connectivity index (χ1v) is 6.45. The molecular formula is C13H26O3. The van der Waals surface area contributed by atoms with Crippen LogP contribution in [0.2, 0.25) is 0 Å². The average molecular weight is 230 g/mol. The fourth-order valence-corrected chi connectivity index (χ4v) is 1.71. The van der Waals surface area contributed by atoms with Gasteiger partial charge in [-0.25, -0.2) is 0 Å². The first-order chi connectivity index (χ1) is 7.70. The summed E-state index contributed by atoms with van der Waals surface area (Å²) in [4.78, 5) is 10.8. The second-order valence-corrected chi connectivity index (χ2v) is 4.34. The van der Waals surface area contributed by atoms with E-state index in [-0.39, 0.29) is 12.4 Å². The normalized spacial score (nSPS) is 12.4. The molecule has 1 N–H and O–H groups in total. The van der Waals surface area contributed by atoms with Gasteiger partial charge in [-0.3, -0.25) is 4.79 Å². The molecule has 3 nitrogen and oxygen atoms in total. The Bertz CT molecular complexity index is 169. The standard InChI is InChI=1S/C13H26O3/c1-3-4-5-6-7-8-9-10-12(14)11-13(15)16-2/h12,14H,3-11H2,1-2H3. The molecular weight excluding hydrogens is 204 g/mol. The molecule has 0 aromatic carbocycles. The predicted molar refractivity (Wildman–Crippen MR) is 65.2 cm³/mol. The summed E-state index contributed by atoms with van der Waals surface area (Å²) in [6, 6.07) is 0. The molecule has 0 aliphatic carbocycles. The van der Waals surface area contributed by atoms with Gasteiger partial charge in [0.05, 0.1) is 19.6 Å². The van der Waals surface area contributed by atoms with Crippen LogP contribution >= 0.6 is 0 Å². The molecule has 3 heteroatoms.